The van der Waals surface area contributed by atoms with Crippen LogP contribution in [-0.2, 0) is 6.18 Å². The monoisotopic (exact) mass is 230 g/mol. The maximum absolute atomic E-state index is 12.8. The minimum atomic E-state index is -4.24. The van der Waals surface area contributed by atoms with Crippen molar-refractivity contribution in [1.29, 1.82) is 0 Å². The molecule has 3 heteroatoms. The SMILES string of the molecule is CCCC(CC)c1ccccc1C(F)(F)F. The van der Waals surface area contributed by atoms with E-state index in [1.807, 2.05) is 13.8 Å². The molecular formula is C13H17F3. The zero-order chi connectivity index (χ0) is 12.2. The summed E-state index contributed by atoms with van der Waals surface area (Å²) in [6, 6.07) is 5.91. The molecule has 0 radical (unpaired) electrons. The first-order chi connectivity index (χ1) is 7.50. The van der Waals surface area contributed by atoms with E-state index in [2.05, 4.69) is 0 Å². The van der Waals surface area contributed by atoms with Crippen LogP contribution in [0, 0.1) is 0 Å². The first-order valence-corrected chi connectivity index (χ1v) is 5.66. The zero-order valence-corrected chi connectivity index (χ0v) is 9.64. The zero-order valence-electron chi connectivity index (χ0n) is 9.64. The van der Waals surface area contributed by atoms with Gasteiger partial charge in [0, 0.05) is 0 Å². The van der Waals surface area contributed by atoms with Crippen LogP contribution in [0.4, 0.5) is 13.2 Å². The Balaban J connectivity index is 3.11. The Kier molecular flexibility index (Phi) is 4.39. The van der Waals surface area contributed by atoms with Gasteiger partial charge in [0.15, 0.2) is 0 Å². The number of hydrogen-bond acceptors (Lipinski definition) is 0. The van der Waals surface area contributed by atoms with Gasteiger partial charge in [0.1, 0.15) is 0 Å². The van der Waals surface area contributed by atoms with Gasteiger partial charge in [-0.25, -0.2) is 0 Å². The minimum Gasteiger partial charge on any atom is -0.166 e. The lowest BCUT2D eigenvalue weighted by Crippen LogP contribution is -2.11. The second-order valence-electron chi connectivity index (χ2n) is 3.98. The Morgan fingerprint density at radius 1 is 1.12 bits per heavy atom. The number of alkyl halides is 3. The first-order valence-electron chi connectivity index (χ1n) is 5.66. The summed E-state index contributed by atoms with van der Waals surface area (Å²) in [5.74, 6) is 0.0165. The van der Waals surface area contributed by atoms with Crippen LogP contribution in [0.5, 0.6) is 0 Å². The topological polar surface area (TPSA) is 0 Å². The molecule has 0 heterocycles. The van der Waals surface area contributed by atoms with Crippen LogP contribution in [0.2, 0.25) is 0 Å². The molecule has 0 aliphatic heterocycles. The van der Waals surface area contributed by atoms with E-state index in [0.29, 0.717) is 5.56 Å². The van der Waals surface area contributed by atoms with Gasteiger partial charge >= 0.3 is 6.18 Å². The summed E-state index contributed by atoms with van der Waals surface area (Å²) in [7, 11) is 0. The molecule has 16 heavy (non-hydrogen) atoms. The lowest BCUT2D eigenvalue weighted by Gasteiger charge is -2.19. The van der Waals surface area contributed by atoms with E-state index < -0.39 is 11.7 Å². The normalized spacial score (nSPS) is 13.8. The fourth-order valence-electron chi connectivity index (χ4n) is 2.04. The van der Waals surface area contributed by atoms with Crippen molar-refractivity contribution in [3.8, 4) is 0 Å². The minimum absolute atomic E-state index is 0.0165. The highest BCUT2D eigenvalue weighted by molar-refractivity contribution is 5.32. The Morgan fingerprint density at radius 2 is 1.75 bits per heavy atom. The van der Waals surface area contributed by atoms with Gasteiger partial charge in [-0.15, -0.1) is 0 Å². The Labute approximate surface area is 94.5 Å². The highest BCUT2D eigenvalue weighted by Gasteiger charge is 2.34. The molecule has 0 aliphatic rings. The lowest BCUT2D eigenvalue weighted by atomic mass is 9.88. The van der Waals surface area contributed by atoms with Crippen LogP contribution < -0.4 is 0 Å². The molecule has 0 aliphatic carbocycles. The fraction of sp³-hybridized carbons (Fsp3) is 0.538. The first kappa shape index (κ1) is 13.1. The van der Waals surface area contributed by atoms with Gasteiger partial charge in [-0.05, 0) is 30.4 Å². The molecule has 0 saturated carbocycles. The van der Waals surface area contributed by atoms with E-state index in [0.717, 1.165) is 19.3 Å². The summed E-state index contributed by atoms with van der Waals surface area (Å²) in [5, 5.41) is 0. The van der Waals surface area contributed by atoms with Gasteiger partial charge in [0.2, 0.25) is 0 Å². The maximum Gasteiger partial charge on any atom is 0.416 e. The van der Waals surface area contributed by atoms with E-state index in [9.17, 15) is 13.2 Å². The van der Waals surface area contributed by atoms with Gasteiger partial charge in [-0.3, -0.25) is 0 Å². The van der Waals surface area contributed by atoms with Crippen LogP contribution in [0.1, 0.15) is 50.2 Å². The van der Waals surface area contributed by atoms with E-state index in [-0.39, 0.29) is 5.92 Å². The summed E-state index contributed by atoms with van der Waals surface area (Å²) >= 11 is 0. The van der Waals surface area contributed by atoms with Crippen LogP contribution in [0.3, 0.4) is 0 Å². The number of halogens is 3. The van der Waals surface area contributed by atoms with E-state index in [4.69, 9.17) is 0 Å². The van der Waals surface area contributed by atoms with Crippen LogP contribution >= 0.6 is 0 Å². The smallest absolute Gasteiger partial charge is 0.166 e. The van der Waals surface area contributed by atoms with Gasteiger partial charge in [0.05, 0.1) is 5.56 Å². The summed E-state index contributed by atoms with van der Waals surface area (Å²) < 4.78 is 38.4. The third-order valence-electron chi connectivity index (χ3n) is 2.84. The third kappa shape index (κ3) is 3.00. The highest BCUT2D eigenvalue weighted by Crippen LogP contribution is 2.37. The Morgan fingerprint density at radius 3 is 2.25 bits per heavy atom. The summed E-state index contributed by atoms with van der Waals surface area (Å²) in [5.41, 5.74) is -0.0327. The molecule has 0 saturated heterocycles. The van der Waals surface area contributed by atoms with Crippen molar-refractivity contribution in [3.05, 3.63) is 35.4 Å². The fourth-order valence-corrected chi connectivity index (χ4v) is 2.04. The molecule has 0 amide bonds. The molecule has 0 spiro atoms. The van der Waals surface area contributed by atoms with E-state index in [1.165, 1.54) is 12.1 Å². The summed E-state index contributed by atoms with van der Waals surface area (Å²) in [4.78, 5) is 0. The number of rotatable bonds is 4. The van der Waals surface area contributed by atoms with Gasteiger partial charge in [-0.2, -0.15) is 13.2 Å². The van der Waals surface area contributed by atoms with Crippen molar-refractivity contribution in [1.82, 2.24) is 0 Å². The molecule has 0 fully saturated rings. The van der Waals surface area contributed by atoms with E-state index >= 15 is 0 Å². The molecule has 1 aromatic carbocycles. The van der Waals surface area contributed by atoms with Crippen molar-refractivity contribution in [2.75, 3.05) is 0 Å². The van der Waals surface area contributed by atoms with Crippen molar-refractivity contribution in [3.63, 3.8) is 0 Å². The van der Waals surface area contributed by atoms with Gasteiger partial charge in [-0.1, -0.05) is 38.5 Å². The van der Waals surface area contributed by atoms with Crippen molar-refractivity contribution in [2.45, 2.75) is 45.2 Å². The van der Waals surface area contributed by atoms with Gasteiger partial charge < -0.3 is 0 Å². The molecule has 0 aromatic heterocycles. The van der Waals surface area contributed by atoms with Crippen molar-refractivity contribution in [2.24, 2.45) is 0 Å². The molecule has 1 rings (SSSR count). The molecule has 1 atom stereocenters. The number of hydrogen-bond donors (Lipinski definition) is 0. The summed E-state index contributed by atoms with van der Waals surface area (Å²) in [6.45, 7) is 3.94. The van der Waals surface area contributed by atoms with Crippen LogP contribution in [0.25, 0.3) is 0 Å². The molecular weight excluding hydrogens is 213 g/mol. The second-order valence-corrected chi connectivity index (χ2v) is 3.98. The Hall–Kier alpha value is -0.990. The quantitative estimate of drug-likeness (QED) is 0.682. The third-order valence-corrected chi connectivity index (χ3v) is 2.84. The standard InChI is InChI=1S/C13H17F3/c1-3-7-10(4-2)11-8-5-6-9-12(11)13(14,15)16/h5-6,8-10H,3-4,7H2,1-2H3. The molecule has 0 bridgehead atoms. The van der Waals surface area contributed by atoms with Crippen LogP contribution in [0.15, 0.2) is 24.3 Å². The summed E-state index contributed by atoms with van der Waals surface area (Å²) in [6.07, 6.45) is -1.77. The largest absolute Gasteiger partial charge is 0.416 e. The van der Waals surface area contributed by atoms with Gasteiger partial charge in [0.25, 0.3) is 0 Å². The average molecular weight is 230 g/mol. The predicted molar refractivity (Wildman–Crippen MR) is 59.4 cm³/mol. The molecule has 1 aromatic rings. The van der Waals surface area contributed by atoms with Crippen molar-refractivity contribution < 1.29 is 13.2 Å². The molecule has 90 valence electrons. The lowest BCUT2D eigenvalue weighted by molar-refractivity contribution is -0.138. The number of benzene rings is 1. The average Bonchev–Trinajstić information content (AvgIpc) is 2.25. The van der Waals surface area contributed by atoms with Crippen LogP contribution in [-0.4, -0.2) is 0 Å². The highest BCUT2D eigenvalue weighted by atomic mass is 19.4. The molecule has 0 nitrogen and oxygen atoms in total. The van der Waals surface area contributed by atoms with Crippen molar-refractivity contribution >= 4 is 0 Å². The second kappa shape index (κ2) is 5.37. The van der Waals surface area contributed by atoms with E-state index in [1.54, 1.807) is 12.1 Å². The maximum atomic E-state index is 12.8. The Bertz CT molecular complexity index is 328. The molecule has 1 unspecified atom stereocenters. The predicted octanol–water partition coefficient (Wildman–Crippen LogP) is 5.00. The molecule has 0 N–H and O–H groups in total.